The highest BCUT2D eigenvalue weighted by Crippen LogP contribution is 2.35. The molecular formula is C14H16F2N2O3. The molecule has 0 saturated carbocycles. The van der Waals surface area contributed by atoms with Crippen LogP contribution in [-0.4, -0.2) is 40.0 Å². The van der Waals surface area contributed by atoms with Gasteiger partial charge in [0.05, 0.1) is 11.0 Å². The molecule has 1 aromatic rings. The molecule has 1 aromatic heterocycles. The molecule has 21 heavy (non-hydrogen) atoms. The minimum Gasteiger partial charge on any atom is -0.481 e. The van der Waals surface area contributed by atoms with E-state index in [-0.39, 0.29) is 18.7 Å². The zero-order valence-electron chi connectivity index (χ0n) is 11.6. The summed E-state index contributed by atoms with van der Waals surface area (Å²) in [6.07, 6.45) is 2.12. The predicted octanol–water partition coefficient (Wildman–Crippen LogP) is 2.08. The number of amides is 1. The summed E-state index contributed by atoms with van der Waals surface area (Å²) in [5, 5.41) is 9.29. The normalized spacial score (nSPS) is 17.6. The van der Waals surface area contributed by atoms with Crippen molar-refractivity contribution in [2.24, 2.45) is 5.41 Å². The summed E-state index contributed by atoms with van der Waals surface area (Å²) in [5.41, 5.74) is -1.21. The third kappa shape index (κ3) is 2.72. The number of carboxylic acid groups (broad SMARTS) is 1. The van der Waals surface area contributed by atoms with Crippen molar-refractivity contribution in [2.45, 2.75) is 26.2 Å². The minimum absolute atomic E-state index is 0.211. The van der Waals surface area contributed by atoms with Crippen LogP contribution in [0.25, 0.3) is 0 Å². The SMILES string of the molecule is CCC1(C(=O)O)CCN(C(=O)c2ccnc(F)c2F)CC1. The van der Waals surface area contributed by atoms with E-state index in [2.05, 4.69) is 4.98 Å². The van der Waals surface area contributed by atoms with Gasteiger partial charge in [-0.05, 0) is 25.3 Å². The lowest BCUT2D eigenvalue weighted by atomic mass is 9.76. The monoisotopic (exact) mass is 298 g/mol. The Bertz CT molecular complexity index is 569. The largest absolute Gasteiger partial charge is 0.481 e. The molecule has 1 amide bonds. The highest BCUT2D eigenvalue weighted by molar-refractivity contribution is 5.94. The van der Waals surface area contributed by atoms with Gasteiger partial charge in [0.25, 0.3) is 5.91 Å². The van der Waals surface area contributed by atoms with E-state index in [0.717, 1.165) is 12.3 Å². The Labute approximate surface area is 120 Å². The molecule has 0 atom stereocenters. The van der Waals surface area contributed by atoms with E-state index in [9.17, 15) is 23.5 Å². The van der Waals surface area contributed by atoms with Gasteiger partial charge in [-0.1, -0.05) is 6.92 Å². The standard InChI is InChI=1S/C14H16F2N2O3/c1-2-14(13(20)21)4-7-18(8-5-14)12(19)9-3-6-17-11(16)10(9)15/h3,6H,2,4-5,7-8H2,1H3,(H,20,21). The number of carbonyl (C=O) groups excluding carboxylic acids is 1. The fraction of sp³-hybridized carbons (Fsp3) is 0.500. The third-order valence-electron chi connectivity index (χ3n) is 4.22. The smallest absolute Gasteiger partial charge is 0.309 e. The first-order valence-electron chi connectivity index (χ1n) is 6.74. The maximum Gasteiger partial charge on any atom is 0.309 e. The zero-order chi connectivity index (χ0) is 15.6. The maximum absolute atomic E-state index is 13.6. The average Bonchev–Trinajstić information content (AvgIpc) is 2.49. The van der Waals surface area contributed by atoms with E-state index in [1.807, 2.05) is 0 Å². The number of pyridine rings is 1. The summed E-state index contributed by atoms with van der Waals surface area (Å²) in [7, 11) is 0. The summed E-state index contributed by atoms with van der Waals surface area (Å²) in [6.45, 7) is 2.22. The van der Waals surface area contributed by atoms with Crippen molar-refractivity contribution in [3.63, 3.8) is 0 Å². The molecule has 7 heteroatoms. The van der Waals surface area contributed by atoms with Crippen LogP contribution in [0.4, 0.5) is 8.78 Å². The Hall–Kier alpha value is -2.05. The van der Waals surface area contributed by atoms with Crippen molar-refractivity contribution < 1.29 is 23.5 Å². The molecule has 2 heterocycles. The van der Waals surface area contributed by atoms with Crippen molar-refractivity contribution in [3.05, 3.63) is 29.6 Å². The number of aliphatic carboxylic acids is 1. The first-order chi connectivity index (χ1) is 9.91. The molecule has 1 fully saturated rings. The fourth-order valence-corrected chi connectivity index (χ4v) is 2.61. The number of rotatable bonds is 3. The Kier molecular flexibility index (Phi) is 4.20. The molecule has 0 bridgehead atoms. The molecule has 1 aliphatic heterocycles. The van der Waals surface area contributed by atoms with Crippen LogP contribution in [0.15, 0.2) is 12.3 Å². The molecule has 2 rings (SSSR count). The number of hydrogen-bond donors (Lipinski definition) is 1. The van der Waals surface area contributed by atoms with Gasteiger partial charge in [-0.2, -0.15) is 4.39 Å². The maximum atomic E-state index is 13.6. The quantitative estimate of drug-likeness (QED) is 0.867. The van der Waals surface area contributed by atoms with Gasteiger partial charge in [0, 0.05) is 19.3 Å². The van der Waals surface area contributed by atoms with Crippen molar-refractivity contribution in [1.82, 2.24) is 9.88 Å². The highest BCUT2D eigenvalue weighted by atomic mass is 19.2. The lowest BCUT2D eigenvalue weighted by Gasteiger charge is -2.38. The van der Waals surface area contributed by atoms with Gasteiger partial charge in [0.2, 0.25) is 5.95 Å². The molecule has 0 aliphatic carbocycles. The van der Waals surface area contributed by atoms with E-state index in [0.29, 0.717) is 19.3 Å². The molecule has 5 nitrogen and oxygen atoms in total. The topological polar surface area (TPSA) is 70.5 Å². The van der Waals surface area contributed by atoms with Crippen molar-refractivity contribution in [1.29, 1.82) is 0 Å². The number of piperidine rings is 1. The molecule has 0 radical (unpaired) electrons. The Balaban J connectivity index is 2.14. The van der Waals surface area contributed by atoms with Crippen LogP contribution >= 0.6 is 0 Å². The van der Waals surface area contributed by atoms with Gasteiger partial charge in [0.15, 0.2) is 5.82 Å². The number of carbonyl (C=O) groups is 2. The molecule has 1 aliphatic rings. The summed E-state index contributed by atoms with van der Waals surface area (Å²) in [5.74, 6) is -4.10. The summed E-state index contributed by atoms with van der Waals surface area (Å²) in [4.78, 5) is 28.0. The van der Waals surface area contributed by atoms with Gasteiger partial charge in [0.1, 0.15) is 0 Å². The molecule has 1 N–H and O–H groups in total. The van der Waals surface area contributed by atoms with Crippen molar-refractivity contribution in [2.75, 3.05) is 13.1 Å². The van der Waals surface area contributed by atoms with Crippen LogP contribution < -0.4 is 0 Å². The van der Waals surface area contributed by atoms with Crippen molar-refractivity contribution in [3.8, 4) is 0 Å². The van der Waals surface area contributed by atoms with Crippen molar-refractivity contribution >= 4 is 11.9 Å². The summed E-state index contributed by atoms with van der Waals surface area (Å²) >= 11 is 0. The average molecular weight is 298 g/mol. The highest BCUT2D eigenvalue weighted by Gasteiger charge is 2.41. The van der Waals surface area contributed by atoms with Gasteiger partial charge < -0.3 is 10.0 Å². The number of nitrogens with zero attached hydrogens (tertiary/aromatic N) is 2. The van der Waals surface area contributed by atoms with Crippen LogP contribution in [0.3, 0.4) is 0 Å². The van der Waals surface area contributed by atoms with E-state index < -0.39 is 29.1 Å². The second-order valence-electron chi connectivity index (χ2n) is 5.19. The first-order valence-corrected chi connectivity index (χ1v) is 6.74. The van der Waals surface area contributed by atoms with Gasteiger partial charge in [-0.15, -0.1) is 0 Å². The molecule has 0 aromatic carbocycles. The Morgan fingerprint density at radius 1 is 1.38 bits per heavy atom. The molecule has 1 saturated heterocycles. The lowest BCUT2D eigenvalue weighted by Crippen LogP contribution is -2.46. The number of likely N-dealkylation sites (tertiary alicyclic amines) is 1. The second-order valence-corrected chi connectivity index (χ2v) is 5.19. The van der Waals surface area contributed by atoms with Gasteiger partial charge >= 0.3 is 5.97 Å². The fourth-order valence-electron chi connectivity index (χ4n) is 2.61. The van der Waals surface area contributed by atoms with Gasteiger partial charge in [-0.3, -0.25) is 9.59 Å². The summed E-state index contributed by atoms with van der Waals surface area (Å²) in [6, 6.07) is 1.12. The number of halogens is 2. The second kappa shape index (κ2) is 5.75. The van der Waals surface area contributed by atoms with Gasteiger partial charge in [-0.25, -0.2) is 9.37 Å². The van der Waals surface area contributed by atoms with Crippen LogP contribution in [0, 0.1) is 17.2 Å². The number of carboxylic acids is 1. The molecule has 0 unspecified atom stereocenters. The third-order valence-corrected chi connectivity index (χ3v) is 4.22. The van der Waals surface area contributed by atoms with E-state index in [4.69, 9.17) is 0 Å². The Morgan fingerprint density at radius 2 is 2.00 bits per heavy atom. The first kappa shape index (κ1) is 15.3. The van der Waals surface area contributed by atoms with E-state index in [1.165, 1.54) is 4.90 Å². The number of aromatic nitrogens is 1. The van der Waals surface area contributed by atoms with Crippen LogP contribution in [0.5, 0.6) is 0 Å². The lowest BCUT2D eigenvalue weighted by molar-refractivity contribution is -0.152. The zero-order valence-corrected chi connectivity index (χ0v) is 11.6. The Morgan fingerprint density at radius 3 is 2.52 bits per heavy atom. The minimum atomic E-state index is -1.31. The predicted molar refractivity (Wildman–Crippen MR) is 69.7 cm³/mol. The molecule has 0 spiro atoms. The van der Waals surface area contributed by atoms with E-state index in [1.54, 1.807) is 6.92 Å². The number of hydrogen-bond acceptors (Lipinski definition) is 3. The summed E-state index contributed by atoms with van der Waals surface area (Å²) < 4.78 is 26.6. The molecular weight excluding hydrogens is 282 g/mol. The van der Waals surface area contributed by atoms with Crippen LogP contribution in [0.1, 0.15) is 36.5 Å². The van der Waals surface area contributed by atoms with Crippen LogP contribution in [0.2, 0.25) is 0 Å². The molecule has 114 valence electrons. The van der Waals surface area contributed by atoms with Crippen LogP contribution in [-0.2, 0) is 4.79 Å². The van der Waals surface area contributed by atoms with E-state index >= 15 is 0 Å².